The molecule has 0 radical (unpaired) electrons. The molecule has 0 saturated heterocycles. The molecule has 0 heterocycles. The predicted molar refractivity (Wildman–Crippen MR) is 344 cm³/mol. The van der Waals surface area contributed by atoms with Gasteiger partial charge in [0.25, 0.3) is 0 Å². The largest absolute Gasteiger partial charge is 0.462 e. The van der Waals surface area contributed by atoms with Crippen LogP contribution in [0.3, 0.4) is 0 Å². The molecule has 0 aromatic carbocycles. The molecule has 0 aliphatic rings. The first-order chi connectivity index (χ1) is 39.0. The quantitative estimate of drug-likeness (QED) is 0.0261. The Kier molecular flexibility index (Phi) is 65.1. The number of unbranched alkanes of at least 4 members (excludes halogenated alkanes) is 43. The molecular formula is C73H132O6. The molecule has 6 nitrogen and oxygen atoms in total. The van der Waals surface area contributed by atoms with Gasteiger partial charge in [-0.05, 0) is 83.5 Å². The van der Waals surface area contributed by atoms with Crippen molar-refractivity contribution in [3.8, 4) is 0 Å². The van der Waals surface area contributed by atoms with Crippen LogP contribution < -0.4 is 0 Å². The molecule has 6 heteroatoms. The minimum absolute atomic E-state index is 0.0714. The number of esters is 3. The number of carbonyl (C=O) groups excluding carboxylic acids is 3. The Bertz CT molecular complexity index is 1410. The fraction of sp³-hybridized carbons (Fsp3) is 0.822. The van der Waals surface area contributed by atoms with E-state index in [-0.39, 0.29) is 31.1 Å². The second-order valence-electron chi connectivity index (χ2n) is 23.4. The van der Waals surface area contributed by atoms with Gasteiger partial charge in [0.1, 0.15) is 13.2 Å². The fourth-order valence-corrected chi connectivity index (χ4v) is 10.3. The van der Waals surface area contributed by atoms with Gasteiger partial charge in [0, 0.05) is 19.3 Å². The maximum Gasteiger partial charge on any atom is 0.306 e. The summed E-state index contributed by atoms with van der Waals surface area (Å²) in [6.45, 7) is 6.57. The van der Waals surface area contributed by atoms with E-state index in [0.717, 1.165) is 89.9 Å². The van der Waals surface area contributed by atoms with Crippen molar-refractivity contribution in [3.63, 3.8) is 0 Å². The first-order valence-corrected chi connectivity index (χ1v) is 34.8. The Balaban J connectivity index is 4.20. The summed E-state index contributed by atoms with van der Waals surface area (Å²) in [5, 5.41) is 0. The van der Waals surface area contributed by atoms with Crippen molar-refractivity contribution in [2.45, 2.75) is 374 Å². The first kappa shape index (κ1) is 76.1. The van der Waals surface area contributed by atoms with Crippen molar-refractivity contribution in [3.05, 3.63) is 60.8 Å². The minimum Gasteiger partial charge on any atom is -0.462 e. The van der Waals surface area contributed by atoms with E-state index in [9.17, 15) is 14.4 Å². The van der Waals surface area contributed by atoms with E-state index in [0.29, 0.717) is 19.3 Å². The van der Waals surface area contributed by atoms with Crippen LogP contribution in [0.15, 0.2) is 60.8 Å². The van der Waals surface area contributed by atoms with Gasteiger partial charge >= 0.3 is 17.9 Å². The molecule has 0 spiro atoms. The molecule has 0 aromatic heterocycles. The molecule has 0 fully saturated rings. The molecule has 0 saturated carbocycles. The molecule has 79 heavy (non-hydrogen) atoms. The van der Waals surface area contributed by atoms with Gasteiger partial charge in [0.2, 0.25) is 0 Å². The maximum absolute atomic E-state index is 12.9. The van der Waals surface area contributed by atoms with E-state index < -0.39 is 6.10 Å². The van der Waals surface area contributed by atoms with Crippen LogP contribution in [0.25, 0.3) is 0 Å². The monoisotopic (exact) mass is 1110 g/mol. The molecule has 0 N–H and O–H groups in total. The smallest absolute Gasteiger partial charge is 0.306 e. The summed E-state index contributed by atoms with van der Waals surface area (Å²) in [4.78, 5) is 38.4. The Labute approximate surface area is 491 Å². The predicted octanol–water partition coefficient (Wildman–Crippen LogP) is 23.9. The van der Waals surface area contributed by atoms with Gasteiger partial charge in [-0.3, -0.25) is 14.4 Å². The Morgan fingerprint density at radius 3 is 0.797 bits per heavy atom. The van der Waals surface area contributed by atoms with Gasteiger partial charge < -0.3 is 14.2 Å². The third-order valence-electron chi connectivity index (χ3n) is 15.5. The lowest BCUT2D eigenvalue weighted by molar-refractivity contribution is -0.167. The van der Waals surface area contributed by atoms with E-state index in [1.54, 1.807) is 0 Å². The van der Waals surface area contributed by atoms with Gasteiger partial charge in [0.15, 0.2) is 6.10 Å². The molecular weight excluding hydrogens is 973 g/mol. The SMILES string of the molecule is CC/C=C\C/C=C\C/C=C\C/C=C\CCCCCCCCCCCCCCCCCCC(=O)OCC(COC(=O)CCCCCCC/C=C\CCCCCC)OC(=O)CCCCCCCCCCCCCCCCCCCCC. The molecule has 0 aliphatic heterocycles. The van der Waals surface area contributed by atoms with Gasteiger partial charge in [0.05, 0.1) is 0 Å². The number of allylic oxidation sites excluding steroid dienone is 10. The van der Waals surface area contributed by atoms with E-state index in [1.807, 2.05) is 0 Å². The van der Waals surface area contributed by atoms with Crippen molar-refractivity contribution >= 4 is 17.9 Å². The highest BCUT2D eigenvalue weighted by molar-refractivity contribution is 5.71. The Hall–Kier alpha value is -2.89. The maximum atomic E-state index is 12.9. The number of ether oxygens (including phenoxy) is 3. The molecule has 0 rings (SSSR count). The summed E-state index contributed by atoms with van der Waals surface area (Å²) in [5.74, 6) is -0.855. The van der Waals surface area contributed by atoms with E-state index in [1.165, 1.54) is 238 Å². The summed E-state index contributed by atoms with van der Waals surface area (Å²) < 4.78 is 17.0. The molecule has 0 bridgehead atoms. The lowest BCUT2D eigenvalue weighted by Gasteiger charge is -2.18. The van der Waals surface area contributed by atoms with Crippen LogP contribution in [0.1, 0.15) is 367 Å². The van der Waals surface area contributed by atoms with Crippen LogP contribution in [0.4, 0.5) is 0 Å². The average molecular weight is 1110 g/mol. The van der Waals surface area contributed by atoms with Crippen LogP contribution in [-0.4, -0.2) is 37.2 Å². The van der Waals surface area contributed by atoms with Gasteiger partial charge in [-0.15, -0.1) is 0 Å². The average Bonchev–Trinajstić information content (AvgIpc) is 3.45. The zero-order valence-corrected chi connectivity index (χ0v) is 52.9. The van der Waals surface area contributed by atoms with Crippen LogP contribution in [-0.2, 0) is 28.6 Å². The summed E-state index contributed by atoms with van der Waals surface area (Å²) in [6.07, 6.45) is 86.8. The number of rotatable bonds is 64. The number of hydrogen-bond donors (Lipinski definition) is 0. The van der Waals surface area contributed by atoms with Gasteiger partial charge in [-0.2, -0.15) is 0 Å². The van der Waals surface area contributed by atoms with Gasteiger partial charge in [-0.25, -0.2) is 0 Å². The number of carbonyl (C=O) groups is 3. The van der Waals surface area contributed by atoms with Crippen LogP contribution in [0, 0.1) is 0 Å². The van der Waals surface area contributed by atoms with Crippen molar-refractivity contribution in [1.82, 2.24) is 0 Å². The number of hydrogen-bond acceptors (Lipinski definition) is 6. The van der Waals surface area contributed by atoms with Crippen molar-refractivity contribution in [2.75, 3.05) is 13.2 Å². The van der Waals surface area contributed by atoms with Crippen molar-refractivity contribution in [1.29, 1.82) is 0 Å². The molecule has 0 amide bonds. The van der Waals surface area contributed by atoms with Crippen LogP contribution in [0.5, 0.6) is 0 Å². The summed E-state index contributed by atoms with van der Waals surface area (Å²) in [5.41, 5.74) is 0. The summed E-state index contributed by atoms with van der Waals surface area (Å²) in [6, 6.07) is 0. The normalized spacial score (nSPS) is 12.4. The summed E-state index contributed by atoms with van der Waals surface area (Å²) in [7, 11) is 0. The molecule has 0 aromatic rings. The molecule has 1 atom stereocenters. The Morgan fingerprint density at radius 1 is 0.266 bits per heavy atom. The highest BCUT2D eigenvalue weighted by Gasteiger charge is 2.19. The van der Waals surface area contributed by atoms with Crippen LogP contribution >= 0.6 is 0 Å². The molecule has 460 valence electrons. The zero-order chi connectivity index (χ0) is 57.1. The first-order valence-electron chi connectivity index (χ1n) is 34.8. The van der Waals surface area contributed by atoms with Crippen molar-refractivity contribution < 1.29 is 28.6 Å². The Morgan fingerprint density at radius 2 is 0.494 bits per heavy atom. The zero-order valence-electron chi connectivity index (χ0n) is 52.9. The van der Waals surface area contributed by atoms with E-state index >= 15 is 0 Å². The minimum atomic E-state index is -0.775. The standard InChI is InChI=1S/C73H132O6/c1-4-7-10-13-16-19-22-25-27-29-31-32-33-34-35-36-37-38-39-40-42-43-45-48-51-54-57-60-63-66-72(75)78-69-70(68-77-71(74)65-62-59-56-53-50-47-24-21-18-15-12-9-6-3)79-73(76)67-64-61-58-55-52-49-46-44-41-30-28-26-23-20-17-14-11-8-5-2/h7,10,16,19,21,24-25,27,31-32,70H,4-6,8-9,11-15,17-18,20,22-23,26,28-30,33-69H2,1-3H3/b10-7-,19-16-,24-21-,27-25-,32-31-. The lowest BCUT2D eigenvalue weighted by Crippen LogP contribution is -2.30. The third kappa shape index (κ3) is 65.8. The van der Waals surface area contributed by atoms with E-state index in [4.69, 9.17) is 14.2 Å². The summed E-state index contributed by atoms with van der Waals surface area (Å²) >= 11 is 0. The van der Waals surface area contributed by atoms with E-state index in [2.05, 4.69) is 81.5 Å². The van der Waals surface area contributed by atoms with Crippen LogP contribution in [0.2, 0.25) is 0 Å². The lowest BCUT2D eigenvalue weighted by atomic mass is 10.0. The van der Waals surface area contributed by atoms with Gasteiger partial charge in [-0.1, -0.05) is 326 Å². The fourth-order valence-electron chi connectivity index (χ4n) is 10.3. The topological polar surface area (TPSA) is 78.9 Å². The molecule has 0 aliphatic carbocycles. The second kappa shape index (κ2) is 67.6. The third-order valence-corrected chi connectivity index (χ3v) is 15.5. The second-order valence-corrected chi connectivity index (χ2v) is 23.4. The van der Waals surface area contributed by atoms with Crippen molar-refractivity contribution in [2.24, 2.45) is 0 Å². The highest BCUT2D eigenvalue weighted by Crippen LogP contribution is 2.18. The highest BCUT2D eigenvalue weighted by atomic mass is 16.6. The molecule has 1 unspecified atom stereocenters.